The van der Waals surface area contributed by atoms with Gasteiger partial charge in [0, 0.05) is 5.02 Å². The molecule has 110 valence electrons. The van der Waals surface area contributed by atoms with Crippen molar-refractivity contribution < 1.29 is 14.3 Å². The Balaban J connectivity index is 2.07. The van der Waals surface area contributed by atoms with E-state index in [4.69, 9.17) is 11.6 Å². The molecule has 0 aliphatic rings. The smallest absolute Gasteiger partial charge is 0.254 e. The van der Waals surface area contributed by atoms with Crippen LogP contribution in [0.25, 0.3) is 0 Å². The van der Waals surface area contributed by atoms with Gasteiger partial charge >= 0.3 is 0 Å². The van der Waals surface area contributed by atoms with E-state index < -0.39 is 17.8 Å². The van der Waals surface area contributed by atoms with Gasteiger partial charge in [-0.1, -0.05) is 41.9 Å². The van der Waals surface area contributed by atoms with Crippen molar-refractivity contribution in [2.45, 2.75) is 12.5 Å². The monoisotopic (exact) mass is 307 g/mol. The maximum Gasteiger partial charge on any atom is 0.254 e. The van der Waals surface area contributed by atoms with Crippen LogP contribution in [-0.2, 0) is 6.42 Å². The molecule has 3 nitrogen and oxygen atoms in total. The summed E-state index contributed by atoms with van der Waals surface area (Å²) < 4.78 is 13.6. The molecule has 0 bridgehead atoms. The zero-order valence-electron chi connectivity index (χ0n) is 11.2. The van der Waals surface area contributed by atoms with Crippen LogP contribution in [0.5, 0.6) is 0 Å². The molecular formula is C16H15ClFNO2. The number of halogens is 2. The van der Waals surface area contributed by atoms with E-state index in [0.29, 0.717) is 6.42 Å². The fourth-order valence-corrected chi connectivity index (χ4v) is 2.17. The molecule has 1 atom stereocenters. The third-order valence-electron chi connectivity index (χ3n) is 3.05. The van der Waals surface area contributed by atoms with Crippen molar-refractivity contribution in [3.8, 4) is 0 Å². The second-order valence-corrected chi connectivity index (χ2v) is 5.10. The van der Waals surface area contributed by atoms with Gasteiger partial charge in [0.25, 0.3) is 5.91 Å². The Morgan fingerprint density at radius 2 is 1.95 bits per heavy atom. The first-order valence-electron chi connectivity index (χ1n) is 6.51. The molecule has 2 rings (SSSR count). The summed E-state index contributed by atoms with van der Waals surface area (Å²) in [5.41, 5.74) is 0.845. The van der Waals surface area contributed by atoms with Gasteiger partial charge in [0.1, 0.15) is 5.82 Å². The Morgan fingerprint density at radius 3 is 2.62 bits per heavy atom. The number of carbonyl (C=O) groups is 1. The summed E-state index contributed by atoms with van der Waals surface area (Å²) in [5.74, 6) is -1.24. The van der Waals surface area contributed by atoms with Gasteiger partial charge in [-0.15, -0.1) is 0 Å². The second-order valence-electron chi connectivity index (χ2n) is 4.67. The standard InChI is InChI=1S/C16H15ClFNO2/c17-12-6-7-15(18)14(9-12)16(21)19-13(10-20)8-11-4-2-1-3-5-11/h1-7,9,13,20H,8,10H2,(H,19,21)/t13-/m1/s1. The number of aliphatic hydroxyl groups excluding tert-OH is 1. The van der Waals surface area contributed by atoms with Gasteiger partial charge in [0.05, 0.1) is 18.2 Å². The summed E-state index contributed by atoms with van der Waals surface area (Å²) in [6.07, 6.45) is 0.464. The van der Waals surface area contributed by atoms with Crippen LogP contribution >= 0.6 is 11.6 Å². The van der Waals surface area contributed by atoms with Crippen LogP contribution in [0.3, 0.4) is 0 Å². The number of carbonyl (C=O) groups excluding carboxylic acids is 1. The summed E-state index contributed by atoms with van der Waals surface area (Å²) in [5, 5.41) is 12.3. The Labute approximate surface area is 127 Å². The quantitative estimate of drug-likeness (QED) is 0.892. The molecule has 2 aromatic rings. The van der Waals surface area contributed by atoms with E-state index in [2.05, 4.69) is 5.32 Å². The molecule has 0 fully saturated rings. The molecular weight excluding hydrogens is 293 g/mol. The van der Waals surface area contributed by atoms with Crippen LogP contribution < -0.4 is 5.32 Å². The van der Waals surface area contributed by atoms with Crippen LogP contribution in [-0.4, -0.2) is 23.7 Å². The van der Waals surface area contributed by atoms with Crippen molar-refractivity contribution in [1.82, 2.24) is 5.32 Å². The topological polar surface area (TPSA) is 49.3 Å². The average molecular weight is 308 g/mol. The highest BCUT2D eigenvalue weighted by atomic mass is 35.5. The van der Waals surface area contributed by atoms with E-state index >= 15 is 0 Å². The number of benzene rings is 2. The number of aliphatic hydroxyl groups is 1. The molecule has 0 heterocycles. The van der Waals surface area contributed by atoms with Gasteiger partial charge in [-0.05, 0) is 30.2 Å². The van der Waals surface area contributed by atoms with Gasteiger partial charge < -0.3 is 10.4 Å². The number of hydrogen-bond acceptors (Lipinski definition) is 2. The molecule has 0 spiro atoms. The van der Waals surface area contributed by atoms with Crippen LogP contribution in [0.4, 0.5) is 4.39 Å². The largest absolute Gasteiger partial charge is 0.394 e. The molecule has 2 N–H and O–H groups in total. The number of amides is 1. The van der Waals surface area contributed by atoms with Gasteiger partial charge in [-0.25, -0.2) is 4.39 Å². The van der Waals surface area contributed by atoms with Crippen LogP contribution in [0.15, 0.2) is 48.5 Å². The molecule has 5 heteroatoms. The maximum atomic E-state index is 13.6. The number of hydrogen-bond donors (Lipinski definition) is 2. The highest BCUT2D eigenvalue weighted by Gasteiger charge is 2.17. The lowest BCUT2D eigenvalue weighted by Gasteiger charge is -2.16. The molecule has 0 saturated carbocycles. The lowest BCUT2D eigenvalue weighted by molar-refractivity contribution is 0.0912. The first-order chi connectivity index (χ1) is 10.1. The molecule has 0 radical (unpaired) electrons. The van der Waals surface area contributed by atoms with Crippen molar-refractivity contribution >= 4 is 17.5 Å². The highest BCUT2D eigenvalue weighted by molar-refractivity contribution is 6.31. The van der Waals surface area contributed by atoms with Crippen molar-refractivity contribution in [2.24, 2.45) is 0 Å². The van der Waals surface area contributed by atoms with Crippen molar-refractivity contribution in [2.75, 3.05) is 6.61 Å². The van der Waals surface area contributed by atoms with E-state index in [9.17, 15) is 14.3 Å². The predicted molar refractivity (Wildman–Crippen MR) is 79.9 cm³/mol. The number of rotatable bonds is 5. The highest BCUT2D eigenvalue weighted by Crippen LogP contribution is 2.15. The van der Waals surface area contributed by atoms with Crippen LogP contribution in [0, 0.1) is 5.82 Å². The first kappa shape index (κ1) is 15.5. The van der Waals surface area contributed by atoms with Crippen molar-refractivity contribution in [3.63, 3.8) is 0 Å². The summed E-state index contributed by atoms with van der Waals surface area (Å²) >= 11 is 5.77. The summed E-state index contributed by atoms with van der Waals surface area (Å²) in [7, 11) is 0. The van der Waals surface area contributed by atoms with Crippen molar-refractivity contribution in [3.05, 3.63) is 70.5 Å². The minimum atomic E-state index is -0.645. The fraction of sp³-hybridized carbons (Fsp3) is 0.188. The van der Waals surface area contributed by atoms with E-state index in [0.717, 1.165) is 11.6 Å². The summed E-state index contributed by atoms with van der Waals surface area (Å²) in [4.78, 5) is 12.1. The maximum absolute atomic E-state index is 13.6. The van der Waals surface area contributed by atoms with E-state index in [1.54, 1.807) is 0 Å². The normalized spacial score (nSPS) is 12.0. The zero-order valence-corrected chi connectivity index (χ0v) is 12.0. The Kier molecular flexibility index (Phi) is 5.31. The van der Waals surface area contributed by atoms with E-state index in [-0.39, 0.29) is 17.2 Å². The SMILES string of the molecule is O=C(N[C@@H](CO)Cc1ccccc1)c1cc(Cl)ccc1F. The molecule has 0 unspecified atom stereocenters. The Bertz CT molecular complexity index is 619. The third kappa shape index (κ3) is 4.28. The molecule has 0 aliphatic carbocycles. The molecule has 0 saturated heterocycles. The zero-order chi connectivity index (χ0) is 15.2. The Hall–Kier alpha value is -1.91. The van der Waals surface area contributed by atoms with Crippen LogP contribution in [0.2, 0.25) is 5.02 Å². The molecule has 0 aromatic heterocycles. The number of nitrogens with one attached hydrogen (secondary N) is 1. The summed E-state index contributed by atoms with van der Waals surface area (Å²) in [6.45, 7) is -0.233. The van der Waals surface area contributed by atoms with Crippen LogP contribution in [0.1, 0.15) is 15.9 Å². The van der Waals surface area contributed by atoms with Crippen molar-refractivity contribution in [1.29, 1.82) is 0 Å². The lowest BCUT2D eigenvalue weighted by Crippen LogP contribution is -2.39. The molecule has 21 heavy (non-hydrogen) atoms. The third-order valence-corrected chi connectivity index (χ3v) is 3.29. The molecule has 2 aromatic carbocycles. The van der Waals surface area contributed by atoms with Gasteiger partial charge in [-0.3, -0.25) is 4.79 Å². The minimum absolute atomic E-state index is 0.131. The second kappa shape index (κ2) is 7.20. The fourth-order valence-electron chi connectivity index (χ4n) is 1.99. The lowest BCUT2D eigenvalue weighted by atomic mass is 10.1. The first-order valence-corrected chi connectivity index (χ1v) is 6.88. The van der Waals surface area contributed by atoms with E-state index in [1.165, 1.54) is 12.1 Å². The predicted octanol–water partition coefficient (Wildman–Crippen LogP) is 2.81. The summed E-state index contributed by atoms with van der Waals surface area (Å²) in [6, 6.07) is 12.7. The molecule has 1 amide bonds. The van der Waals surface area contributed by atoms with Gasteiger partial charge in [-0.2, -0.15) is 0 Å². The minimum Gasteiger partial charge on any atom is -0.394 e. The van der Waals surface area contributed by atoms with Gasteiger partial charge in [0.2, 0.25) is 0 Å². The van der Waals surface area contributed by atoms with E-state index in [1.807, 2.05) is 30.3 Å². The molecule has 0 aliphatic heterocycles. The Morgan fingerprint density at radius 1 is 1.24 bits per heavy atom. The average Bonchev–Trinajstić information content (AvgIpc) is 2.50. The van der Waals surface area contributed by atoms with Gasteiger partial charge in [0.15, 0.2) is 0 Å².